The highest BCUT2D eigenvalue weighted by atomic mass is 35.5. The average Bonchev–Trinajstić information content (AvgIpc) is 3.04. The van der Waals surface area contributed by atoms with E-state index in [1.807, 2.05) is 74.5 Å². The average molecular weight is 697 g/mol. The van der Waals surface area contributed by atoms with Gasteiger partial charge in [-0.3, -0.25) is 13.9 Å². The van der Waals surface area contributed by atoms with Gasteiger partial charge in [-0.15, -0.1) is 0 Å². The van der Waals surface area contributed by atoms with Gasteiger partial charge in [-0.1, -0.05) is 104 Å². The number of sulfonamides is 1. The molecule has 0 saturated heterocycles. The van der Waals surface area contributed by atoms with Gasteiger partial charge in [0.15, 0.2) is 0 Å². The lowest BCUT2D eigenvalue weighted by atomic mass is 10.0. The maximum absolute atomic E-state index is 14.3. The van der Waals surface area contributed by atoms with E-state index in [1.165, 1.54) is 4.90 Å². The van der Waals surface area contributed by atoms with Gasteiger partial charge in [-0.05, 0) is 59.0 Å². The van der Waals surface area contributed by atoms with E-state index >= 15 is 0 Å². The van der Waals surface area contributed by atoms with Crippen LogP contribution in [0.15, 0.2) is 103 Å². The van der Waals surface area contributed by atoms with E-state index in [2.05, 4.69) is 5.32 Å². The molecule has 0 saturated carbocycles. The van der Waals surface area contributed by atoms with Crippen molar-refractivity contribution in [2.45, 2.75) is 39.5 Å². The summed E-state index contributed by atoms with van der Waals surface area (Å²) in [5.41, 5.74) is 2.66. The summed E-state index contributed by atoms with van der Waals surface area (Å²) in [6.45, 7) is 4.11. The Kier molecular flexibility index (Phi) is 12.7. The summed E-state index contributed by atoms with van der Waals surface area (Å²) in [5, 5.41) is 3.70. The molecule has 0 aliphatic heterocycles. The predicted molar refractivity (Wildman–Crippen MR) is 188 cm³/mol. The van der Waals surface area contributed by atoms with Crippen molar-refractivity contribution in [3.05, 3.63) is 130 Å². The molecule has 0 radical (unpaired) electrons. The third-order valence-corrected chi connectivity index (χ3v) is 9.09. The Hall–Kier alpha value is -4.05. The highest BCUT2D eigenvalue weighted by Crippen LogP contribution is 2.26. The Balaban J connectivity index is 1.66. The summed E-state index contributed by atoms with van der Waals surface area (Å²) in [6, 6.07) is 29.4. The Morgan fingerprint density at radius 3 is 2.04 bits per heavy atom. The molecule has 0 bridgehead atoms. The van der Waals surface area contributed by atoms with Gasteiger partial charge < -0.3 is 15.0 Å². The molecule has 1 N–H and O–H groups in total. The third kappa shape index (κ3) is 10.7. The lowest BCUT2D eigenvalue weighted by Crippen LogP contribution is -2.53. The molecule has 0 aliphatic carbocycles. The largest absolute Gasteiger partial charge is 0.489 e. The van der Waals surface area contributed by atoms with Crippen LogP contribution in [0, 0.1) is 5.92 Å². The van der Waals surface area contributed by atoms with Crippen LogP contribution in [0.25, 0.3) is 0 Å². The summed E-state index contributed by atoms with van der Waals surface area (Å²) in [4.78, 5) is 29.5. The van der Waals surface area contributed by atoms with Gasteiger partial charge in [-0.2, -0.15) is 0 Å². The number of benzene rings is 4. The first-order valence-corrected chi connectivity index (χ1v) is 17.8. The van der Waals surface area contributed by atoms with Crippen LogP contribution in [0.2, 0.25) is 10.0 Å². The number of carbonyl (C=O) groups is 2. The normalized spacial score (nSPS) is 12.0. The van der Waals surface area contributed by atoms with Gasteiger partial charge >= 0.3 is 0 Å². The standard InChI is InChI=1S/C36H39Cl2N3O5S/c1-26(2)22-39-36(43)34(20-27-10-6-4-7-11-27)40(23-29-14-15-30(37)21-33(29)38)35(42)24-41(47(3,44)45)31-16-18-32(19-17-31)46-25-28-12-8-5-9-13-28/h4-19,21,26,34H,20,22-25H2,1-3H3,(H,39,43). The molecule has 4 aromatic carbocycles. The lowest BCUT2D eigenvalue weighted by Gasteiger charge is -2.34. The third-order valence-electron chi connectivity index (χ3n) is 7.36. The number of hydrogen-bond acceptors (Lipinski definition) is 5. The quantitative estimate of drug-likeness (QED) is 0.148. The first-order chi connectivity index (χ1) is 22.4. The molecule has 248 valence electrons. The zero-order chi connectivity index (χ0) is 34.0. The van der Waals surface area contributed by atoms with Crippen molar-refractivity contribution >= 4 is 50.7 Å². The zero-order valence-electron chi connectivity index (χ0n) is 26.6. The van der Waals surface area contributed by atoms with E-state index < -0.39 is 28.5 Å². The maximum Gasteiger partial charge on any atom is 0.244 e. The van der Waals surface area contributed by atoms with Crippen molar-refractivity contribution in [1.82, 2.24) is 10.2 Å². The Morgan fingerprint density at radius 2 is 1.47 bits per heavy atom. The van der Waals surface area contributed by atoms with E-state index in [0.717, 1.165) is 21.7 Å². The van der Waals surface area contributed by atoms with Gasteiger partial charge in [0.05, 0.1) is 11.9 Å². The fourth-order valence-electron chi connectivity index (χ4n) is 4.87. The van der Waals surface area contributed by atoms with Crippen LogP contribution in [0.4, 0.5) is 5.69 Å². The van der Waals surface area contributed by atoms with Gasteiger partial charge in [0.25, 0.3) is 0 Å². The van der Waals surface area contributed by atoms with E-state index in [0.29, 0.717) is 34.5 Å². The topological polar surface area (TPSA) is 96.0 Å². The van der Waals surface area contributed by atoms with Gasteiger partial charge in [0.2, 0.25) is 21.8 Å². The fraction of sp³-hybridized carbons (Fsp3) is 0.278. The second-order valence-electron chi connectivity index (χ2n) is 11.6. The number of hydrogen-bond donors (Lipinski definition) is 1. The number of rotatable bonds is 15. The van der Waals surface area contributed by atoms with Crippen LogP contribution < -0.4 is 14.4 Å². The summed E-state index contributed by atoms with van der Waals surface area (Å²) in [5.74, 6) is -0.217. The molecule has 11 heteroatoms. The van der Waals surface area contributed by atoms with Crippen molar-refractivity contribution in [2.24, 2.45) is 5.92 Å². The van der Waals surface area contributed by atoms with Crippen LogP contribution in [-0.4, -0.2) is 50.5 Å². The zero-order valence-corrected chi connectivity index (χ0v) is 28.9. The lowest BCUT2D eigenvalue weighted by molar-refractivity contribution is -0.140. The summed E-state index contributed by atoms with van der Waals surface area (Å²) >= 11 is 12.7. The van der Waals surface area contributed by atoms with E-state index in [9.17, 15) is 18.0 Å². The smallest absolute Gasteiger partial charge is 0.244 e. The minimum Gasteiger partial charge on any atom is -0.489 e. The summed E-state index contributed by atoms with van der Waals surface area (Å²) in [6.07, 6.45) is 1.24. The number of nitrogens with zero attached hydrogens (tertiary/aromatic N) is 2. The Bertz CT molecular complexity index is 1740. The summed E-state index contributed by atoms with van der Waals surface area (Å²) < 4.78 is 33.1. The van der Waals surface area contributed by atoms with E-state index in [1.54, 1.807) is 42.5 Å². The van der Waals surface area contributed by atoms with E-state index in [4.69, 9.17) is 27.9 Å². The highest BCUT2D eigenvalue weighted by molar-refractivity contribution is 7.92. The number of amides is 2. The molecule has 1 atom stereocenters. The van der Waals surface area contributed by atoms with Crippen molar-refractivity contribution in [3.63, 3.8) is 0 Å². The fourth-order valence-corrected chi connectivity index (χ4v) is 6.19. The molecule has 2 amide bonds. The van der Waals surface area contributed by atoms with Crippen LogP contribution in [-0.2, 0) is 39.2 Å². The number of carbonyl (C=O) groups excluding carboxylic acids is 2. The molecule has 4 aromatic rings. The highest BCUT2D eigenvalue weighted by Gasteiger charge is 2.33. The number of halogens is 2. The maximum atomic E-state index is 14.3. The molecule has 1 unspecified atom stereocenters. The van der Waals surface area contributed by atoms with Crippen LogP contribution in [0.3, 0.4) is 0 Å². The minimum atomic E-state index is -3.93. The number of anilines is 1. The molecule has 0 aliphatic rings. The monoisotopic (exact) mass is 695 g/mol. The minimum absolute atomic E-state index is 0.0503. The van der Waals surface area contributed by atoms with Crippen molar-refractivity contribution in [1.29, 1.82) is 0 Å². The van der Waals surface area contributed by atoms with Gasteiger partial charge in [0.1, 0.15) is 24.9 Å². The van der Waals surface area contributed by atoms with E-state index in [-0.39, 0.29) is 30.5 Å². The van der Waals surface area contributed by atoms with Crippen LogP contribution in [0.1, 0.15) is 30.5 Å². The summed E-state index contributed by atoms with van der Waals surface area (Å²) in [7, 11) is -3.93. The molecule has 0 fully saturated rings. The second kappa shape index (κ2) is 16.7. The van der Waals surface area contributed by atoms with Gasteiger partial charge in [-0.25, -0.2) is 8.42 Å². The first kappa shape index (κ1) is 35.8. The van der Waals surface area contributed by atoms with Gasteiger partial charge in [0, 0.05) is 29.6 Å². The Morgan fingerprint density at radius 1 is 0.851 bits per heavy atom. The van der Waals surface area contributed by atoms with Crippen LogP contribution in [0.5, 0.6) is 5.75 Å². The number of nitrogens with one attached hydrogen (secondary N) is 1. The molecule has 0 aromatic heterocycles. The molecule has 0 heterocycles. The molecule has 8 nitrogen and oxygen atoms in total. The van der Waals surface area contributed by atoms with Crippen LogP contribution >= 0.6 is 23.2 Å². The molecule has 4 rings (SSSR count). The van der Waals surface area contributed by atoms with Crippen molar-refractivity contribution in [2.75, 3.05) is 23.7 Å². The molecular weight excluding hydrogens is 657 g/mol. The number of ether oxygens (including phenoxy) is 1. The predicted octanol–water partition coefficient (Wildman–Crippen LogP) is 6.75. The SMILES string of the molecule is CC(C)CNC(=O)C(Cc1ccccc1)N(Cc1ccc(Cl)cc1Cl)C(=O)CN(c1ccc(OCc2ccccc2)cc1)S(C)(=O)=O. The first-order valence-electron chi connectivity index (χ1n) is 15.2. The van der Waals surface area contributed by atoms with Crippen molar-refractivity contribution in [3.8, 4) is 5.75 Å². The molecular formula is C36H39Cl2N3O5S. The molecule has 47 heavy (non-hydrogen) atoms. The molecule has 0 spiro atoms. The second-order valence-corrected chi connectivity index (χ2v) is 14.4. The van der Waals surface area contributed by atoms with Crippen molar-refractivity contribution < 1.29 is 22.7 Å². The Labute approximate surface area is 287 Å².